The number of nitrogens with one attached hydrogen (secondary N) is 1. The third kappa shape index (κ3) is 6.24. The van der Waals surface area contributed by atoms with Crippen LogP contribution in [0.5, 0.6) is 5.75 Å². The van der Waals surface area contributed by atoms with Crippen molar-refractivity contribution >= 4 is 27.6 Å². The average Bonchev–Trinajstić information content (AvgIpc) is 2.79. The second kappa shape index (κ2) is 10.7. The molecule has 0 spiro atoms. The second-order valence-electron chi connectivity index (χ2n) is 7.00. The van der Waals surface area contributed by atoms with Gasteiger partial charge in [0, 0.05) is 18.8 Å². The van der Waals surface area contributed by atoms with Crippen LogP contribution in [-0.2, 0) is 24.3 Å². The van der Waals surface area contributed by atoms with Crippen LogP contribution in [0, 0.1) is 6.92 Å². The van der Waals surface area contributed by atoms with Gasteiger partial charge in [-0.1, -0.05) is 18.2 Å². The molecule has 1 saturated heterocycles. The largest absolute Gasteiger partial charge is 0.452 e. The average molecular weight is 484 g/mol. The Morgan fingerprint density at radius 2 is 1.85 bits per heavy atom. The summed E-state index contributed by atoms with van der Waals surface area (Å²) in [5, 5.41) is 2.46. The van der Waals surface area contributed by atoms with Crippen LogP contribution in [0.25, 0.3) is 0 Å². The number of carbonyl (C=O) groups excluding carboxylic acids is 2. The van der Waals surface area contributed by atoms with E-state index in [4.69, 9.17) is 9.47 Å². The van der Waals surface area contributed by atoms with Crippen molar-refractivity contribution in [3.05, 3.63) is 53.6 Å². The number of sulfonamides is 1. The number of aryl methyl sites for hydroxylation is 1. The molecule has 0 aliphatic carbocycles. The summed E-state index contributed by atoms with van der Waals surface area (Å²) in [5.74, 6) is -2.15. The molecule has 9 nitrogen and oxygen atoms in total. The van der Waals surface area contributed by atoms with E-state index >= 15 is 0 Å². The van der Waals surface area contributed by atoms with Crippen LogP contribution in [0.3, 0.4) is 0 Å². The van der Waals surface area contributed by atoms with Crippen molar-refractivity contribution in [2.45, 2.75) is 18.4 Å². The molecule has 1 N–H and O–H groups in total. The summed E-state index contributed by atoms with van der Waals surface area (Å²) in [5.41, 5.74) is 0.427. The van der Waals surface area contributed by atoms with Crippen molar-refractivity contribution in [3.8, 4) is 5.75 Å². The minimum absolute atomic E-state index is 0.0391. The summed E-state index contributed by atoms with van der Waals surface area (Å²) in [6, 6.07) is 9.61. The van der Waals surface area contributed by atoms with Gasteiger partial charge < -0.3 is 19.5 Å². The zero-order valence-electron chi connectivity index (χ0n) is 17.6. The summed E-state index contributed by atoms with van der Waals surface area (Å²) in [4.78, 5) is 24.5. The highest BCUT2D eigenvalue weighted by atomic mass is 32.2. The fraction of sp³-hybridized carbons (Fsp3) is 0.333. The van der Waals surface area contributed by atoms with E-state index in [0.717, 1.165) is 0 Å². The lowest BCUT2D eigenvalue weighted by molar-refractivity contribution is -0.119. The van der Waals surface area contributed by atoms with Crippen LogP contribution < -0.4 is 10.1 Å². The quantitative estimate of drug-likeness (QED) is 0.573. The standard InChI is InChI=1S/C21H22F2N2O7S/c1-14-6-7-15(12-18(14)33(28,29)25-8-10-30-11-9-25)24-19(26)13-31-20(27)16-4-2-3-5-17(16)32-21(22)23/h2-7,12,21H,8-11,13H2,1H3,(H,24,26). The first-order chi connectivity index (χ1) is 15.7. The third-order valence-corrected chi connectivity index (χ3v) is 6.76. The van der Waals surface area contributed by atoms with Gasteiger partial charge in [0.15, 0.2) is 6.61 Å². The van der Waals surface area contributed by atoms with Gasteiger partial charge in [-0.05, 0) is 36.8 Å². The van der Waals surface area contributed by atoms with Gasteiger partial charge >= 0.3 is 12.6 Å². The number of halogens is 2. The number of hydrogen-bond donors (Lipinski definition) is 1. The van der Waals surface area contributed by atoms with Crippen molar-refractivity contribution < 1.29 is 41.0 Å². The molecule has 33 heavy (non-hydrogen) atoms. The summed E-state index contributed by atoms with van der Waals surface area (Å²) < 4.78 is 66.5. The van der Waals surface area contributed by atoms with E-state index in [-0.39, 0.29) is 35.0 Å². The number of hydrogen-bond acceptors (Lipinski definition) is 7. The molecule has 1 fully saturated rings. The normalized spacial score (nSPS) is 14.7. The molecule has 1 aliphatic heterocycles. The maximum absolute atomic E-state index is 12.9. The Morgan fingerprint density at radius 3 is 2.55 bits per heavy atom. The molecular formula is C21H22F2N2O7S. The molecule has 0 radical (unpaired) electrons. The summed E-state index contributed by atoms with van der Waals surface area (Å²) in [6.45, 7) is -1.17. The third-order valence-electron chi connectivity index (χ3n) is 4.72. The fourth-order valence-electron chi connectivity index (χ4n) is 3.12. The van der Waals surface area contributed by atoms with Gasteiger partial charge in [-0.3, -0.25) is 4.79 Å². The predicted molar refractivity (Wildman–Crippen MR) is 113 cm³/mol. The van der Waals surface area contributed by atoms with Crippen LogP contribution in [-0.4, -0.2) is 64.1 Å². The SMILES string of the molecule is Cc1ccc(NC(=O)COC(=O)c2ccccc2OC(F)F)cc1S(=O)(=O)N1CCOCC1. The molecular weight excluding hydrogens is 462 g/mol. The molecule has 178 valence electrons. The Bertz CT molecular complexity index is 1120. The molecule has 3 rings (SSSR count). The lowest BCUT2D eigenvalue weighted by Gasteiger charge is -2.26. The van der Waals surface area contributed by atoms with E-state index in [1.807, 2.05) is 0 Å². The van der Waals surface area contributed by atoms with E-state index < -0.39 is 35.1 Å². The number of morpholine rings is 1. The van der Waals surface area contributed by atoms with E-state index in [1.54, 1.807) is 13.0 Å². The van der Waals surface area contributed by atoms with Crippen molar-refractivity contribution in [3.63, 3.8) is 0 Å². The molecule has 0 unspecified atom stereocenters. The van der Waals surface area contributed by atoms with Gasteiger partial charge in [0.25, 0.3) is 5.91 Å². The molecule has 0 saturated carbocycles. The summed E-state index contributed by atoms with van der Waals surface area (Å²) in [6.07, 6.45) is 0. The highest BCUT2D eigenvalue weighted by Gasteiger charge is 2.28. The first-order valence-corrected chi connectivity index (χ1v) is 11.3. The monoisotopic (exact) mass is 484 g/mol. The first kappa shape index (κ1) is 24.6. The number of alkyl halides is 2. The fourth-order valence-corrected chi connectivity index (χ4v) is 4.78. The first-order valence-electron chi connectivity index (χ1n) is 9.88. The zero-order chi connectivity index (χ0) is 24.0. The Balaban J connectivity index is 1.65. The smallest absolute Gasteiger partial charge is 0.387 e. The minimum Gasteiger partial charge on any atom is -0.452 e. The number of anilines is 1. The number of rotatable bonds is 8. The molecule has 12 heteroatoms. The van der Waals surface area contributed by atoms with Crippen LogP contribution in [0.4, 0.5) is 14.5 Å². The van der Waals surface area contributed by atoms with E-state index in [2.05, 4.69) is 10.1 Å². The Hall–Kier alpha value is -3.09. The molecule has 0 atom stereocenters. The summed E-state index contributed by atoms with van der Waals surface area (Å²) in [7, 11) is -3.79. The van der Waals surface area contributed by atoms with Crippen LogP contribution in [0.15, 0.2) is 47.4 Å². The maximum atomic E-state index is 12.9. The van der Waals surface area contributed by atoms with Crippen molar-refractivity contribution in [1.29, 1.82) is 0 Å². The Labute approximate surface area is 189 Å². The minimum atomic E-state index is -3.79. The van der Waals surface area contributed by atoms with E-state index in [0.29, 0.717) is 18.8 Å². The molecule has 2 aromatic rings. The number of esters is 1. The highest BCUT2D eigenvalue weighted by molar-refractivity contribution is 7.89. The van der Waals surface area contributed by atoms with Gasteiger partial charge in [-0.25, -0.2) is 13.2 Å². The Morgan fingerprint density at radius 1 is 1.15 bits per heavy atom. The number of carbonyl (C=O) groups is 2. The number of para-hydroxylation sites is 1. The maximum Gasteiger partial charge on any atom is 0.387 e. The van der Waals surface area contributed by atoms with Gasteiger partial charge in [-0.2, -0.15) is 13.1 Å². The van der Waals surface area contributed by atoms with Crippen LogP contribution in [0.1, 0.15) is 15.9 Å². The zero-order valence-corrected chi connectivity index (χ0v) is 18.4. The van der Waals surface area contributed by atoms with Gasteiger partial charge in [0.2, 0.25) is 10.0 Å². The highest BCUT2D eigenvalue weighted by Crippen LogP contribution is 2.25. The lowest BCUT2D eigenvalue weighted by Crippen LogP contribution is -2.40. The van der Waals surface area contributed by atoms with E-state index in [1.165, 1.54) is 40.7 Å². The van der Waals surface area contributed by atoms with Gasteiger partial charge in [-0.15, -0.1) is 0 Å². The van der Waals surface area contributed by atoms with Crippen molar-refractivity contribution in [2.75, 3.05) is 38.2 Å². The summed E-state index contributed by atoms with van der Waals surface area (Å²) >= 11 is 0. The Kier molecular flexibility index (Phi) is 7.95. The van der Waals surface area contributed by atoms with Crippen LogP contribution >= 0.6 is 0 Å². The molecule has 1 heterocycles. The van der Waals surface area contributed by atoms with Gasteiger partial charge in [0.1, 0.15) is 11.3 Å². The lowest BCUT2D eigenvalue weighted by atomic mass is 10.2. The van der Waals surface area contributed by atoms with Crippen molar-refractivity contribution in [2.24, 2.45) is 0 Å². The molecule has 1 aliphatic rings. The van der Waals surface area contributed by atoms with Crippen LogP contribution in [0.2, 0.25) is 0 Å². The predicted octanol–water partition coefficient (Wildman–Crippen LogP) is 2.41. The number of benzene rings is 2. The van der Waals surface area contributed by atoms with Gasteiger partial charge in [0.05, 0.1) is 18.1 Å². The number of nitrogens with zero attached hydrogens (tertiary/aromatic N) is 1. The van der Waals surface area contributed by atoms with Crippen molar-refractivity contribution in [1.82, 2.24) is 4.31 Å². The number of ether oxygens (including phenoxy) is 3. The molecule has 2 aromatic carbocycles. The second-order valence-corrected chi connectivity index (χ2v) is 8.90. The number of amides is 1. The molecule has 1 amide bonds. The topological polar surface area (TPSA) is 111 Å². The molecule has 0 aromatic heterocycles. The molecule has 0 bridgehead atoms. The van der Waals surface area contributed by atoms with E-state index in [9.17, 15) is 26.8 Å².